The van der Waals surface area contributed by atoms with E-state index in [2.05, 4.69) is 22.1 Å². The number of para-hydroxylation sites is 1. The zero-order chi connectivity index (χ0) is 20.9. The van der Waals surface area contributed by atoms with Gasteiger partial charge in [-0.3, -0.25) is 9.59 Å². The van der Waals surface area contributed by atoms with Crippen molar-refractivity contribution in [1.82, 2.24) is 10.2 Å². The number of fused-ring (bicyclic) bond motifs is 1. The Labute approximate surface area is 180 Å². The average Bonchev–Trinajstić information content (AvgIpc) is 3.25. The Balaban J connectivity index is 1.35. The molecule has 154 valence electrons. The zero-order valence-electron chi connectivity index (χ0n) is 17.0. The Morgan fingerprint density at radius 2 is 1.87 bits per heavy atom. The number of nitrogens with zero attached hydrogens (tertiary/aromatic N) is 1. The molecule has 0 saturated heterocycles. The lowest BCUT2D eigenvalue weighted by Gasteiger charge is -2.27. The van der Waals surface area contributed by atoms with E-state index in [4.69, 9.17) is 0 Å². The van der Waals surface area contributed by atoms with Gasteiger partial charge in [0.25, 0.3) is 5.91 Å². The minimum atomic E-state index is -0.160. The van der Waals surface area contributed by atoms with Crippen LogP contribution in [0.15, 0.2) is 60.0 Å². The molecule has 2 amide bonds. The predicted octanol–water partition coefficient (Wildman–Crippen LogP) is 3.98. The molecule has 1 aromatic heterocycles. The number of hydrogen-bond acceptors (Lipinski definition) is 4. The number of rotatable bonds is 6. The van der Waals surface area contributed by atoms with Crippen LogP contribution in [0.3, 0.4) is 0 Å². The smallest absolute Gasteiger partial charge is 0.253 e. The summed E-state index contributed by atoms with van der Waals surface area (Å²) in [6.45, 7) is 4.07. The summed E-state index contributed by atoms with van der Waals surface area (Å²) >= 11 is 1.76. The molecule has 0 aliphatic carbocycles. The molecule has 1 aliphatic heterocycles. The van der Waals surface area contributed by atoms with E-state index in [0.717, 1.165) is 18.5 Å². The largest absolute Gasteiger partial charge is 0.376 e. The number of anilines is 1. The van der Waals surface area contributed by atoms with E-state index in [-0.39, 0.29) is 18.4 Å². The number of carbonyl (C=O) groups excluding carboxylic acids is 2. The van der Waals surface area contributed by atoms with Gasteiger partial charge in [-0.25, -0.2) is 0 Å². The maximum absolute atomic E-state index is 12.7. The highest BCUT2D eigenvalue weighted by Gasteiger charge is 2.21. The molecular weight excluding hydrogens is 394 g/mol. The minimum absolute atomic E-state index is 0.0433. The predicted molar refractivity (Wildman–Crippen MR) is 121 cm³/mol. The first kappa shape index (κ1) is 20.2. The summed E-state index contributed by atoms with van der Waals surface area (Å²) in [5, 5.41) is 8.21. The summed E-state index contributed by atoms with van der Waals surface area (Å²) in [6, 6.07) is 17.5. The van der Waals surface area contributed by atoms with Crippen molar-refractivity contribution in [2.75, 3.05) is 18.4 Å². The van der Waals surface area contributed by atoms with Crippen molar-refractivity contribution >= 4 is 28.8 Å². The van der Waals surface area contributed by atoms with E-state index in [0.29, 0.717) is 24.3 Å². The summed E-state index contributed by atoms with van der Waals surface area (Å²) in [7, 11) is 0. The van der Waals surface area contributed by atoms with Crippen molar-refractivity contribution in [2.24, 2.45) is 0 Å². The third-order valence-corrected chi connectivity index (χ3v) is 6.36. The van der Waals surface area contributed by atoms with Crippen LogP contribution in [0.2, 0.25) is 0 Å². The molecule has 30 heavy (non-hydrogen) atoms. The van der Waals surface area contributed by atoms with Gasteiger partial charge in [0.2, 0.25) is 5.91 Å². The number of hydrogen-bond donors (Lipinski definition) is 2. The van der Waals surface area contributed by atoms with E-state index in [1.165, 1.54) is 16.0 Å². The summed E-state index contributed by atoms with van der Waals surface area (Å²) in [6.07, 6.45) is 0.913. The van der Waals surface area contributed by atoms with Gasteiger partial charge in [-0.05, 0) is 48.1 Å². The van der Waals surface area contributed by atoms with Crippen LogP contribution in [0.1, 0.15) is 31.9 Å². The third kappa shape index (κ3) is 4.71. The molecule has 0 unspecified atom stereocenters. The summed E-state index contributed by atoms with van der Waals surface area (Å²) in [5.74, 6) is -0.117. The monoisotopic (exact) mass is 419 g/mol. The first-order valence-electron chi connectivity index (χ1n) is 10.1. The molecule has 2 heterocycles. The molecular formula is C24H25N3O2S. The van der Waals surface area contributed by atoms with Crippen molar-refractivity contribution in [3.05, 3.63) is 87.1 Å². The second-order valence-corrected chi connectivity index (χ2v) is 8.50. The van der Waals surface area contributed by atoms with Crippen molar-refractivity contribution < 1.29 is 9.59 Å². The normalized spacial score (nSPS) is 12.9. The standard InChI is InChI=1S/C24H25N3O2S/c1-17-6-8-18(9-7-17)14-26-24(29)20-4-2-3-5-21(20)25-15-23(28)27-12-10-22-19(16-27)11-13-30-22/h2-9,11,13,25H,10,12,14-16H2,1H3,(H,26,29). The number of benzene rings is 2. The molecule has 4 rings (SSSR count). The average molecular weight is 420 g/mol. The molecule has 0 atom stereocenters. The van der Waals surface area contributed by atoms with E-state index >= 15 is 0 Å². The number of nitrogens with one attached hydrogen (secondary N) is 2. The van der Waals surface area contributed by atoms with Crippen LogP contribution >= 0.6 is 11.3 Å². The number of amides is 2. The molecule has 0 fully saturated rings. The van der Waals surface area contributed by atoms with Crippen LogP contribution in [0, 0.1) is 6.92 Å². The van der Waals surface area contributed by atoms with Crippen LogP contribution in [-0.2, 0) is 24.3 Å². The van der Waals surface area contributed by atoms with Gasteiger partial charge in [0.05, 0.1) is 12.1 Å². The van der Waals surface area contributed by atoms with Gasteiger partial charge in [-0.2, -0.15) is 0 Å². The van der Waals surface area contributed by atoms with Gasteiger partial charge in [0, 0.05) is 30.2 Å². The Morgan fingerprint density at radius 3 is 2.70 bits per heavy atom. The Hall–Kier alpha value is -3.12. The number of aryl methyl sites for hydroxylation is 1. The Morgan fingerprint density at radius 1 is 1.07 bits per heavy atom. The van der Waals surface area contributed by atoms with Gasteiger partial charge in [0.1, 0.15) is 0 Å². The fraction of sp³-hybridized carbons (Fsp3) is 0.250. The first-order valence-corrected chi connectivity index (χ1v) is 11.0. The quantitative estimate of drug-likeness (QED) is 0.635. The van der Waals surface area contributed by atoms with Crippen LogP contribution in [-0.4, -0.2) is 29.8 Å². The lowest BCUT2D eigenvalue weighted by molar-refractivity contribution is -0.130. The second kappa shape index (κ2) is 9.13. The van der Waals surface area contributed by atoms with Crippen LogP contribution in [0.25, 0.3) is 0 Å². The molecule has 2 N–H and O–H groups in total. The summed E-state index contributed by atoms with van der Waals surface area (Å²) in [5.41, 5.74) is 4.69. The van der Waals surface area contributed by atoms with Crippen molar-refractivity contribution in [2.45, 2.75) is 26.4 Å². The van der Waals surface area contributed by atoms with Gasteiger partial charge in [-0.15, -0.1) is 11.3 Å². The molecule has 2 aromatic carbocycles. The van der Waals surface area contributed by atoms with Crippen LogP contribution in [0.5, 0.6) is 0 Å². The van der Waals surface area contributed by atoms with E-state index in [1.807, 2.05) is 54.3 Å². The Bertz CT molecular complexity index is 1040. The highest BCUT2D eigenvalue weighted by Crippen LogP contribution is 2.24. The lowest BCUT2D eigenvalue weighted by atomic mass is 10.1. The second-order valence-electron chi connectivity index (χ2n) is 7.50. The highest BCUT2D eigenvalue weighted by atomic mass is 32.1. The van der Waals surface area contributed by atoms with E-state index < -0.39 is 0 Å². The minimum Gasteiger partial charge on any atom is -0.376 e. The maximum Gasteiger partial charge on any atom is 0.253 e. The molecule has 0 radical (unpaired) electrons. The molecule has 3 aromatic rings. The highest BCUT2D eigenvalue weighted by molar-refractivity contribution is 7.10. The molecule has 6 heteroatoms. The maximum atomic E-state index is 12.7. The number of carbonyl (C=O) groups is 2. The molecule has 5 nitrogen and oxygen atoms in total. The van der Waals surface area contributed by atoms with Crippen molar-refractivity contribution in [3.8, 4) is 0 Å². The molecule has 0 saturated carbocycles. The molecule has 0 spiro atoms. The first-order chi connectivity index (χ1) is 14.6. The van der Waals surface area contributed by atoms with Gasteiger partial charge >= 0.3 is 0 Å². The molecule has 0 bridgehead atoms. The topological polar surface area (TPSA) is 61.4 Å². The fourth-order valence-corrected chi connectivity index (χ4v) is 4.45. The summed E-state index contributed by atoms with van der Waals surface area (Å²) in [4.78, 5) is 28.7. The Kier molecular flexibility index (Phi) is 6.14. The molecule has 1 aliphatic rings. The lowest BCUT2D eigenvalue weighted by Crippen LogP contribution is -2.39. The van der Waals surface area contributed by atoms with Crippen molar-refractivity contribution in [3.63, 3.8) is 0 Å². The SMILES string of the molecule is Cc1ccc(CNC(=O)c2ccccc2NCC(=O)N2CCc3sccc3C2)cc1. The van der Waals surface area contributed by atoms with Gasteiger partial charge in [0.15, 0.2) is 0 Å². The van der Waals surface area contributed by atoms with E-state index in [1.54, 1.807) is 17.4 Å². The van der Waals surface area contributed by atoms with E-state index in [9.17, 15) is 9.59 Å². The van der Waals surface area contributed by atoms with Crippen molar-refractivity contribution in [1.29, 1.82) is 0 Å². The summed E-state index contributed by atoms with van der Waals surface area (Å²) < 4.78 is 0. The third-order valence-electron chi connectivity index (χ3n) is 5.34. The fourth-order valence-electron chi connectivity index (χ4n) is 3.56. The number of thiophene rings is 1. The zero-order valence-corrected chi connectivity index (χ0v) is 17.8. The van der Waals surface area contributed by atoms with Gasteiger partial charge in [-0.1, -0.05) is 42.0 Å². The van der Waals surface area contributed by atoms with Gasteiger partial charge < -0.3 is 15.5 Å². The van der Waals surface area contributed by atoms with Crippen LogP contribution < -0.4 is 10.6 Å². The van der Waals surface area contributed by atoms with Crippen LogP contribution in [0.4, 0.5) is 5.69 Å².